The summed E-state index contributed by atoms with van der Waals surface area (Å²) in [5, 5.41) is 15.7. The topological polar surface area (TPSA) is 76.4 Å². The number of methoxy groups -OCH3 is 1. The predicted molar refractivity (Wildman–Crippen MR) is 115 cm³/mol. The van der Waals surface area contributed by atoms with Crippen LogP contribution in [0.5, 0.6) is 5.75 Å². The second kappa shape index (κ2) is 9.93. The number of hydrogen-bond donors (Lipinski definition) is 2. The Hall–Kier alpha value is -3.06. The van der Waals surface area contributed by atoms with Crippen LogP contribution in [0.1, 0.15) is 22.8 Å². The second-order valence-corrected chi connectivity index (χ2v) is 7.01. The minimum absolute atomic E-state index is 0.520. The lowest BCUT2D eigenvalue weighted by Gasteiger charge is -2.13. The number of rotatable bonds is 7. The lowest BCUT2D eigenvalue weighted by molar-refractivity contribution is 0.414. The molecule has 1 heterocycles. The van der Waals surface area contributed by atoms with Gasteiger partial charge < -0.3 is 19.9 Å². The quantitative estimate of drug-likeness (QED) is 0.460. The van der Waals surface area contributed by atoms with E-state index in [9.17, 15) is 0 Å². The van der Waals surface area contributed by atoms with E-state index in [4.69, 9.17) is 21.3 Å². The molecule has 0 radical (unpaired) electrons. The monoisotopic (exact) mass is 412 g/mol. The van der Waals surface area contributed by atoms with E-state index in [1.54, 1.807) is 7.11 Å². The Morgan fingerprint density at radius 3 is 2.28 bits per heavy atom. The average Bonchev–Trinajstić information content (AvgIpc) is 3.07. The second-order valence-electron chi connectivity index (χ2n) is 6.57. The van der Waals surface area contributed by atoms with Crippen molar-refractivity contribution in [2.75, 3.05) is 7.11 Å². The summed E-state index contributed by atoms with van der Waals surface area (Å²) < 4.78 is 7.16. The van der Waals surface area contributed by atoms with Gasteiger partial charge in [0.1, 0.15) is 11.6 Å². The molecule has 2 N–H and O–H groups in total. The van der Waals surface area contributed by atoms with Crippen molar-refractivity contribution in [2.45, 2.75) is 26.6 Å². The van der Waals surface area contributed by atoms with Crippen molar-refractivity contribution >= 4 is 17.6 Å². The summed E-state index contributed by atoms with van der Waals surface area (Å²) >= 11 is 5.97. The number of ether oxygens (including phenoxy) is 1. The van der Waals surface area contributed by atoms with Crippen LogP contribution in [0.4, 0.5) is 0 Å². The number of aromatic nitrogens is 3. The van der Waals surface area contributed by atoms with Gasteiger partial charge in [-0.1, -0.05) is 35.9 Å². The van der Waals surface area contributed by atoms with Gasteiger partial charge in [0.25, 0.3) is 0 Å². The number of halogens is 1. The zero-order chi connectivity index (χ0) is 20.6. The number of benzene rings is 2. The van der Waals surface area contributed by atoms with E-state index in [2.05, 4.69) is 20.8 Å². The highest BCUT2D eigenvalue weighted by Crippen LogP contribution is 2.12. The van der Waals surface area contributed by atoms with Crippen LogP contribution < -0.4 is 15.4 Å². The Bertz CT molecular complexity index is 950. The van der Waals surface area contributed by atoms with E-state index in [1.165, 1.54) is 0 Å². The molecule has 0 aliphatic rings. The van der Waals surface area contributed by atoms with Crippen LogP contribution in [0.3, 0.4) is 0 Å². The number of nitrogens with one attached hydrogen (secondary N) is 2. The Kier molecular flexibility index (Phi) is 7.08. The van der Waals surface area contributed by atoms with Crippen LogP contribution in [0.25, 0.3) is 0 Å². The van der Waals surface area contributed by atoms with Crippen molar-refractivity contribution in [2.24, 2.45) is 12.0 Å². The first-order valence-corrected chi connectivity index (χ1v) is 9.67. The molecule has 0 aliphatic carbocycles. The van der Waals surface area contributed by atoms with Gasteiger partial charge in [0.05, 0.1) is 20.2 Å². The third kappa shape index (κ3) is 5.96. The van der Waals surface area contributed by atoms with Crippen molar-refractivity contribution in [3.63, 3.8) is 0 Å². The summed E-state index contributed by atoms with van der Waals surface area (Å²) in [6.07, 6.45) is 0. The van der Waals surface area contributed by atoms with E-state index in [1.807, 2.05) is 67.1 Å². The predicted octanol–water partition coefficient (Wildman–Crippen LogP) is 3.22. The van der Waals surface area contributed by atoms with E-state index in [0.29, 0.717) is 25.6 Å². The molecule has 0 saturated carbocycles. The molecule has 0 amide bonds. The van der Waals surface area contributed by atoms with Crippen molar-refractivity contribution < 1.29 is 4.74 Å². The summed E-state index contributed by atoms with van der Waals surface area (Å²) in [5.74, 6) is 3.23. The first-order valence-electron chi connectivity index (χ1n) is 9.29. The standard InChI is InChI=1S/C21H25ClN6O/c1-15-26-27-20(28(15)2)14-25-21(23-12-16-4-8-18(22)9-5-16)24-13-17-6-10-19(29-3)11-7-17/h4-11H,12-14H2,1-3H3,(H2,23,24,25). The van der Waals surface area contributed by atoms with Gasteiger partial charge in [-0.3, -0.25) is 0 Å². The van der Waals surface area contributed by atoms with Crippen LogP contribution in [0.15, 0.2) is 53.5 Å². The smallest absolute Gasteiger partial charge is 0.192 e. The molecule has 0 bridgehead atoms. The maximum atomic E-state index is 5.97. The molecule has 0 spiro atoms. The number of aliphatic imine (C=N–C) groups is 1. The molecule has 3 rings (SSSR count). The van der Waals surface area contributed by atoms with Gasteiger partial charge >= 0.3 is 0 Å². The molecule has 0 fully saturated rings. The lowest BCUT2D eigenvalue weighted by Crippen LogP contribution is -2.37. The molecule has 0 saturated heterocycles. The molecule has 152 valence electrons. The van der Waals surface area contributed by atoms with Crippen LogP contribution in [-0.2, 0) is 26.7 Å². The molecule has 29 heavy (non-hydrogen) atoms. The summed E-state index contributed by atoms with van der Waals surface area (Å²) in [6, 6.07) is 15.6. The van der Waals surface area contributed by atoms with Gasteiger partial charge in [-0.25, -0.2) is 4.99 Å². The molecule has 0 unspecified atom stereocenters. The molecule has 8 heteroatoms. The van der Waals surface area contributed by atoms with Gasteiger partial charge in [-0.05, 0) is 42.3 Å². The first-order chi connectivity index (χ1) is 14.0. The molecule has 1 aromatic heterocycles. The highest BCUT2D eigenvalue weighted by molar-refractivity contribution is 6.30. The zero-order valence-electron chi connectivity index (χ0n) is 16.8. The third-order valence-corrected chi connectivity index (χ3v) is 4.80. The molecule has 7 nitrogen and oxygen atoms in total. The fourth-order valence-electron chi connectivity index (χ4n) is 2.63. The van der Waals surface area contributed by atoms with Crippen LogP contribution in [0, 0.1) is 6.92 Å². The summed E-state index contributed by atoms with van der Waals surface area (Å²) in [4.78, 5) is 4.70. The molecule has 0 atom stereocenters. The average molecular weight is 413 g/mol. The highest BCUT2D eigenvalue weighted by atomic mass is 35.5. The Morgan fingerprint density at radius 2 is 1.66 bits per heavy atom. The van der Waals surface area contributed by atoms with Gasteiger partial charge in [-0.2, -0.15) is 0 Å². The molecular weight excluding hydrogens is 388 g/mol. The minimum Gasteiger partial charge on any atom is -0.497 e. The molecule has 2 aromatic carbocycles. The lowest BCUT2D eigenvalue weighted by atomic mass is 10.2. The minimum atomic E-state index is 0.520. The number of hydrogen-bond acceptors (Lipinski definition) is 4. The van der Waals surface area contributed by atoms with Crippen LogP contribution >= 0.6 is 11.6 Å². The number of nitrogens with zero attached hydrogens (tertiary/aromatic N) is 4. The highest BCUT2D eigenvalue weighted by Gasteiger charge is 2.07. The largest absolute Gasteiger partial charge is 0.497 e. The number of aryl methyl sites for hydroxylation is 1. The summed E-state index contributed by atoms with van der Waals surface area (Å²) in [7, 11) is 3.60. The first kappa shape index (κ1) is 20.7. The van der Waals surface area contributed by atoms with Crippen LogP contribution in [-0.4, -0.2) is 27.8 Å². The van der Waals surface area contributed by atoms with Crippen molar-refractivity contribution in [1.82, 2.24) is 25.4 Å². The van der Waals surface area contributed by atoms with Gasteiger partial charge in [0.15, 0.2) is 11.8 Å². The van der Waals surface area contributed by atoms with E-state index in [-0.39, 0.29) is 0 Å². The molecule has 3 aromatic rings. The SMILES string of the molecule is COc1ccc(CN=C(NCc2ccc(Cl)cc2)NCc2nnc(C)n2C)cc1. The third-order valence-electron chi connectivity index (χ3n) is 4.55. The van der Waals surface area contributed by atoms with E-state index in [0.717, 1.165) is 33.5 Å². The van der Waals surface area contributed by atoms with Crippen molar-refractivity contribution in [3.8, 4) is 5.75 Å². The van der Waals surface area contributed by atoms with E-state index < -0.39 is 0 Å². The number of guanidine groups is 1. The fourth-order valence-corrected chi connectivity index (χ4v) is 2.76. The Morgan fingerprint density at radius 1 is 1.00 bits per heavy atom. The van der Waals surface area contributed by atoms with Crippen molar-refractivity contribution in [1.29, 1.82) is 0 Å². The van der Waals surface area contributed by atoms with Crippen LogP contribution in [0.2, 0.25) is 5.02 Å². The fraction of sp³-hybridized carbons (Fsp3) is 0.286. The van der Waals surface area contributed by atoms with Gasteiger partial charge in [0.2, 0.25) is 0 Å². The zero-order valence-corrected chi connectivity index (χ0v) is 17.6. The van der Waals surface area contributed by atoms with E-state index >= 15 is 0 Å². The Labute approximate surface area is 175 Å². The maximum absolute atomic E-state index is 5.97. The molecule has 0 aliphatic heterocycles. The van der Waals surface area contributed by atoms with Gasteiger partial charge in [-0.15, -0.1) is 10.2 Å². The van der Waals surface area contributed by atoms with Crippen molar-refractivity contribution in [3.05, 3.63) is 76.3 Å². The summed E-state index contributed by atoms with van der Waals surface area (Å²) in [5.41, 5.74) is 2.20. The normalized spacial score (nSPS) is 11.4. The summed E-state index contributed by atoms with van der Waals surface area (Å²) in [6.45, 7) is 3.61. The Balaban J connectivity index is 1.68. The maximum Gasteiger partial charge on any atom is 0.192 e. The van der Waals surface area contributed by atoms with Gasteiger partial charge in [0, 0.05) is 18.6 Å². The molecular formula is C21H25ClN6O.